The van der Waals surface area contributed by atoms with E-state index in [0.29, 0.717) is 0 Å². The third kappa shape index (κ3) is 1.64. The van der Waals surface area contributed by atoms with E-state index < -0.39 is 0 Å². The van der Waals surface area contributed by atoms with Gasteiger partial charge in [-0.3, -0.25) is 4.79 Å². The molecule has 0 N–H and O–H groups in total. The number of likely N-dealkylation sites (N-methyl/N-ethyl adjacent to an activating group) is 1. The molecular formula is C14H13NO2. The molecule has 1 amide bonds. The second-order valence-corrected chi connectivity index (χ2v) is 4.33. The average molecular weight is 227 g/mol. The highest BCUT2D eigenvalue weighted by molar-refractivity contribution is 5.97. The molecular weight excluding hydrogens is 214 g/mol. The van der Waals surface area contributed by atoms with Crippen LogP contribution in [0.4, 0.5) is 0 Å². The molecule has 3 rings (SSSR count). The van der Waals surface area contributed by atoms with E-state index in [2.05, 4.69) is 6.07 Å². The van der Waals surface area contributed by atoms with Gasteiger partial charge in [0.2, 0.25) is 0 Å². The van der Waals surface area contributed by atoms with Crippen LogP contribution in [0.1, 0.15) is 15.9 Å². The lowest BCUT2D eigenvalue weighted by Gasteiger charge is -2.24. The number of carbonyl (C=O) groups is 1. The molecule has 0 bridgehead atoms. The fourth-order valence-corrected chi connectivity index (χ4v) is 2.20. The van der Waals surface area contributed by atoms with Gasteiger partial charge in [0.05, 0.1) is 6.26 Å². The largest absolute Gasteiger partial charge is 0.464 e. The van der Waals surface area contributed by atoms with E-state index in [1.807, 2.05) is 31.3 Å². The molecule has 2 aromatic rings. The van der Waals surface area contributed by atoms with Gasteiger partial charge < -0.3 is 9.32 Å². The van der Waals surface area contributed by atoms with Crippen LogP contribution in [0.15, 0.2) is 41.0 Å². The normalized spacial score (nSPS) is 14.9. The average Bonchev–Trinajstić information content (AvgIpc) is 2.87. The minimum absolute atomic E-state index is 0.109. The van der Waals surface area contributed by atoms with E-state index in [-0.39, 0.29) is 5.91 Å². The Hall–Kier alpha value is -2.03. The molecule has 17 heavy (non-hydrogen) atoms. The van der Waals surface area contributed by atoms with E-state index in [0.717, 1.165) is 35.4 Å². The Labute approximate surface area is 99.7 Å². The number of nitrogens with zero attached hydrogens (tertiary/aromatic N) is 1. The summed E-state index contributed by atoms with van der Waals surface area (Å²) >= 11 is 0. The van der Waals surface area contributed by atoms with Crippen LogP contribution in [-0.2, 0) is 6.42 Å². The highest BCUT2D eigenvalue weighted by Crippen LogP contribution is 2.26. The van der Waals surface area contributed by atoms with Gasteiger partial charge >= 0.3 is 0 Å². The first kappa shape index (κ1) is 10.1. The Balaban J connectivity index is 2.06. The van der Waals surface area contributed by atoms with Crippen molar-refractivity contribution in [3.63, 3.8) is 0 Å². The van der Waals surface area contributed by atoms with Gasteiger partial charge in [-0.15, -0.1) is 0 Å². The number of fused-ring (bicyclic) bond motifs is 1. The van der Waals surface area contributed by atoms with Crippen molar-refractivity contribution in [3.05, 3.63) is 47.7 Å². The third-order valence-electron chi connectivity index (χ3n) is 3.20. The highest BCUT2D eigenvalue weighted by atomic mass is 16.3. The first-order valence-corrected chi connectivity index (χ1v) is 5.68. The lowest BCUT2D eigenvalue weighted by molar-refractivity contribution is 0.0781. The molecule has 2 heterocycles. The lowest BCUT2D eigenvalue weighted by atomic mass is 9.96. The Kier molecular flexibility index (Phi) is 2.25. The Morgan fingerprint density at radius 3 is 2.94 bits per heavy atom. The minimum atomic E-state index is 0.109. The van der Waals surface area contributed by atoms with Gasteiger partial charge in [-0.2, -0.15) is 0 Å². The number of carbonyl (C=O) groups excluding carboxylic acids is 1. The van der Waals surface area contributed by atoms with Gasteiger partial charge in [-0.05, 0) is 36.2 Å². The van der Waals surface area contributed by atoms with Gasteiger partial charge in [0.25, 0.3) is 5.91 Å². The van der Waals surface area contributed by atoms with E-state index >= 15 is 0 Å². The molecule has 1 aliphatic rings. The van der Waals surface area contributed by atoms with Crippen LogP contribution in [0.5, 0.6) is 0 Å². The maximum Gasteiger partial charge on any atom is 0.253 e. The van der Waals surface area contributed by atoms with Crippen molar-refractivity contribution in [3.8, 4) is 11.3 Å². The second-order valence-electron chi connectivity index (χ2n) is 4.33. The Morgan fingerprint density at radius 1 is 1.29 bits per heavy atom. The van der Waals surface area contributed by atoms with E-state index in [9.17, 15) is 4.79 Å². The maximum absolute atomic E-state index is 11.9. The standard InChI is InChI=1S/C14H13NO2/c1-15-7-6-10-9-11(13-3-2-8-17-13)4-5-12(10)14(15)16/h2-5,8-9H,6-7H2,1H3. The summed E-state index contributed by atoms with van der Waals surface area (Å²) in [6.45, 7) is 0.785. The molecule has 3 heteroatoms. The molecule has 0 spiro atoms. The third-order valence-corrected chi connectivity index (χ3v) is 3.20. The summed E-state index contributed by atoms with van der Waals surface area (Å²) in [6.07, 6.45) is 2.57. The van der Waals surface area contributed by atoms with Gasteiger partial charge in [0.1, 0.15) is 5.76 Å². The molecule has 0 aliphatic carbocycles. The fourth-order valence-electron chi connectivity index (χ4n) is 2.20. The van der Waals surface area contributed by atoms with Gasteiger partial charge in [-0.25, -0.2) is 0 Å². The zero-order valence-corrected chi connectivity index (χ0v) is 9.64. The molecule has 0 saturated heterocycles. The number of hydrogen-bond acceptors (Lipinski definition) is 2. The van der Waals surface area contributed by atoms with Crippen LogP contribution < -0.4 is 0 Å². The van der Waals surface area contributed by atoms with Gasteiger partial charge in [-0.1, -0.05) is 6.07 Å². The smallest absolute Gasteiger partial charge is 0.253 e. The molecule has 0 atom stereocenters. The molecule has 0 saturated carbocycles. The quantitative estimate of drug-likeness (QED) is 0.750. The predicted octanol–water partition coefficient (Wildman–Crippen LogP) is 2.57. The van der Waals surface area contributed by atoms with Crippen molar-refractivity contribution in [1.29, 1.82) is 0 Å². The zero-order chi connectivity index (χ0) is 11.8. The molecule has 0 radical (unpaired) electrons. The fraction of sp³-hybridized carbons (Fsp3) is 0.214. The topological polar surface area (TPSA) is 33.5 Å². The molecule has 3 nitrogen and oxygen atoms in total. The zero-order valence-electron chi connectivity index (χ0n) is 9.64. The molecule has 0 unspecified atom stereocenters. The van der Waals surface area contributed by atoms with E-state index in [1.54, 1.807) is 11.2 Å². The number of benzene rings is 1. The number of furan rings is 1. The SMILES string of the molecule is CN1CCc2cc(-c3ccco3)ccc2C1=O. The molecule has 86 valence electrons. The number of amides is 1. The minimum Gasteiger partial charge on any atom is -0.464 e. The van der Waals surface area contributed by atoms with Crippen molar-refractivity contribution in [2.24, 2.45) is 0 Å². The lowest BCUT2D eigenvalue weighted by Crippen LogP contribution is -2.34. The molecule has 1 aliphatic heterocycles. The first-order chi connectivity index (χ1) is 8.25. The molecule has 1 aromatic carbocycles. The highest BCUT2D eigenvalue weighted by Gasteiger charge is 2.21. The van der Waals surface area contributed by atoms with Crippen molar-refractivity contribution < 1.29 is 9.21 Å². The summed E-state index contributed by atoms with van der Waals surface area (Å²) in [4.78, 5) is 13.7. The summed E-state index contributed by atoms with van der Waals surface area (Å²) in [5, 5.41) is 0. The Morgan fingerprint density at radius 2 is 2.18 bits per heavy atom. The van der Waals surface area contributed by atoms with Crippen molar-refractivity contribution in [1.82, 2.24) is 4.90 Å². The monoisotopic (exact) mass is 227 g/mol. The van der Waals surface area contributed by atoms with Crippen LogP contribution in [0.2, 0.25) is 0 Å². The predicted molar refractivity (Wildman–Crippen MR) is 64.8 cm³/mol. The van der Waals surface area contributed by atoms with Crippen molar-refractivity contribution >= 4 is 5.91 Å². The summed E-state index contributed by atoms with van der Waals surface area (Å²) in [5.74, 6) is 0.955. The van der Waals surface area contributed by atoms with Crippen molar-refractivity contribution in [2.75, 3.05) is 13.6 Å². The van der Waals surface area contributed by atoms with E-state index in [1.165, 1.54) is 0 Å². The van der Waals surface area contributed by atoms with Crippen LogP contribution >= 0.6 is 0 Å². The molecule has 0 fully saturated rings. The summed E-state index contributed by atoms with van der Waals surface area (Å²) in [6, 6.07) is 9.69. The Bertz CT molecular complexity index is 558. The maximum atomic E-state index is 11.9. The van der Waals surface area contributed by atoms with Crippen LogP contribution in [0, 0.1) is 0 Å². The van der Waals surface area contributed by atoms with Crippen LogP contribution in [0.25, 0.3) is 11.3 Å². The van der Waals surface area contributed by atoms with Gasteiger partial charge in [0, 0.05) is 24.7 Å². The summed E-state index contributed by atoms with van der Waals surface area (Å²) < 4.78 is 5.36. The number of rotatable bonds is 1. The summed E-state index contributed by atoms with van der Waals surface area (Å²) in [7, 11) is 1.84. The number of hydrogen-bond donors (Lipinski definition) is 0. The molecule has 1 aromatic heterocycles. The summed E-state index contributed by atoms with van der Waals surface area (Å²) in [5.41, 5.74) is 2.96. The van der Waals surface area contributed by atoms with Gasteiger partial charge in [0.15, 0.2) is 0 Å². The van der Waals surface area contributed by atoms with Crippen LogP contribution in [-0.4, -0.2) is 24.4 Å². The second kappa shape index (κ2) is 3.77. The van der Waals surface area contributed by atoms with E-state index in [4.69, 9.17) is 4.42 Å². The van der Waals surface area contributed by atoms with Crippen molar-refractivity contribution in [2.45, 2.75) is 6.42 Å². The first-order valence-electron chi connectivity index (χ1n) is 5.68. The van der Waals surface area contributed by atoms with Crippen LogP contribution in [0.3, 0.4) is 0 Å².